The van der Waals surface area contributed by atoms with E-state index in [0.717, 1.165) is 23.4 Å². The number of hydrogen-bond acceptors (Lipinski definition) is 1. The maximum Gasteiger partial charge on any atom is 0.146 e. The Morgan fingerprint density at radius 3 is 2.65 bits per heavy atom. The van der Waals surface area contributed by atoms with Crippen molar-refractivity contribution in [3.05, 3.63) is 64.4 Å². The van der Waals surface area contributed by atoms with E-state index < -0.39 is 0 Å². The Hall–Kier alpha value is -1.54. The first-order valence-corrected chi connectivity index (χ1v) is 7.28. The van der Waals surface area contributed by atoms with E-state index in [-0.39, 0.29) is 5.82 Å². The van der Waals surface area contributed by atoms with Gasteiger partial charge in [0.25, 0.3) is 0 Å². The Bertz CT molecular complexity index is 620. The van der Waals surface area contributed by atoms with Gasteiger partial charge in [-0.25, -0.2) is 4.39 Å². The van der Waals surface area contributed by atoms with Gasteiger partial charge in [-0.1, -0.05) is 29.8 Å². The number of aryl methyl sites for hydroxylation is 1. The number of rotatable bonds is 3. The van der Waals surface area contributed by atoms with Crippen LogP contribution in [0.5, 0.6) is 0 Å². The SMILES string of the molecule is Cc1ccc(NC2CC(c3cccc(Cl)c3)C2)c(F)c1. The van der Waals surface area contributed by atoms with Crippen LogP contribution in [-0.4, -0.2) is 6.04 Å². The van der Waals surface area contributed by atoms with E-state index in [9.17, 15) is 4.39 Å². The van der Waals surface area contributed by atoms with Gasteiger partial charge in [0.1, 0.15) is 5.82 Å². The highest BCUT2D eigenvalue weighted by atomic mass is 35.5. The topological polar surface area (TPSA) is 12.0 Å². The Morgan fingerprint density at radius 1 is 1.15 bits per heavy atom. The highest BCUT2D eigenvalue weighted by Crippen LogP contribution is 2.39. The molecule has 1 aliphatic rings. The van der Waals surface area contributed by atoms with Crippen LogP contribution in [0.1, 0.15) is 29.9 Å². The summed E-state index contributed by atoms with van der Waals surface area (Å²) in [7, 11) is 0. The quantitative estimate of drug-likeness (QED) is 0.824. The Balaban J connectivity index is 1.61. The van der Waals surface area contributed by atoms with Crippen molar-refractivity contribution < 1.29 is 4.39 Å². The van der Waals surface area contributed by atoms with Crippen LogP contribution >= 0.6 is 11.6 Å². The van der Waals surface area contributed by atoms with Gasteiger partial charge in [0, 0.05) is 11.1 Å². The van der Waals surface area contributed by atoms with Gasteiger partial charge < -0.3 is 5.32 Å². The summed E-state index contributed by atoms with van der Waals surface area (Å²) in [5.41, 5.74) is 2.82. The lowest BCUT2D eigenvalue weighted by atomic mass is 9.76. The van der Waals surface area contributed by atoms with Gasteiger partial charge in [0.2, 0.25) is 0 Å². The first kappa shape index (κ1) is 13.4. The molecule has 2 aromatic carbocycles. The van der Waals surface area contributed by atoms with Crippen LogP contribution in [0.2, 0.25) is 5.02 Å². The van der Waals surface area contributed by atoms with Crippen molar-refractivity contribution in [1.29, 1.82) is 0 Å². The molecule has 0 saturated heterocycles. The molecule has 104 valence electrons. The third kappa shape index (κ3) is 2.80. The minimum Gasteiger partial charge on any atom is -0.380 e. The fraction of sp³-hybridized carbons (Fsp3) is 0.294. The zero-order chi connectivity index (χ0) is 14.1. The van der Waals surface area contributed by atoms with E-state index >= 15 is 0 Å². The molecule has 0 unspecified atom stereocenters. The van der Waals surface area contributed by atoms with Gasteiger partial charge in [0.05, 0.1) is 5.69 Å². The van der Waals surface area contributed by atoms with Gasteiger partial charge >= 0.3 is 0 Å². The molecule has 2 aromatic rings. The third-order valence-corrected chi connectivity index (χ3v) is 4.18. The second kappa shape index (κ2) is 5.45. The molecule has 0 aliphatic heterocycles. The summed E-state index contributed by atoms with van der Waals surface area (Å²) in [6.45, 7) is 1.89. The molecule has 0 spiro atoms. The highest BCUT2D eigenvalue weighted by molar-refractivity contribution is 6.30. The number of nitrogens with one attached hydrogen (secondary N) is 1. The van der Waals surface area contributed by atoms with Gasteiger partial charge in [-0.15, -0.1) is 0 Å². The molecule has 0 radical (unpaired) electrons. The van der Waals surface area contributed by atoms with E-state index in [1.165, 1.54) is 5.56 Å². The van der Waals surface area contributed by atoms with Gasteiger partial charge in [-0.2, -0.15) is 0 Å². The number of halogens is 2. The smallest absolute Gasteiger partial charge is 0.146 e. The van der Waals surface area contributed by atoms with Crippen LogP contribution in [0, 0.1) is 12.7 Å². The van der Waals surface area contributed by atoms with Crippen molar-refractivity contribution in [3.8, 4) is 0 Å². The minimum atomic E-state index is -0.170. The zero-order valence-corrected chi connectivity index (χ0v) is 12.1. The first-order chi connectivity index (χ1) is 9.61. The molecule has 0 heterocycles. The molecule has 1 nitrogen and oxygen atoms in total. The van der Waals surface area contributed by atoms with Crippen molar-refractivity contribution in [2.24, 2.45) is 0 Å². The Kier molecular flexibility index (Phi) is 3.66. The number of benzene rings is 2. The second-order valence-electron chi connectivity index (χ2n) is 5.55. The summed E-state index contributed by atoms with van der Waals surface area (Å²) in [5.74, 6) is 0.357. The fourth-order valence-corrected chi connectivity index (χ4v) is 2.92. The molecule has 1 N–H and O–H groups in total. The summed E-state index contributed by atoms with van der Waals surface area (Å²) in [5, 5.41) is 4.06. The van der Waals surface area contributed by atoms with Gasteiger partial charge in [0.15, 0.2) is 0 Å². The highest BCUT2D eigenvalue weighted by Gasteiger charge is 2.30. The molecule has 1 saturated carbocycles. The maximum absolute atomic E-state index is 13.8. The van der Waals surface area contributed by atoms with Gasteiger partial charge in [-0.05, 0) is 61.1 Å². The molecule has 0 atom stereocenters. The van der Waals surface area contributed by atoms with Crippen LogP contribution in [0.3, 0.4) is 0 Å². The average Bonchev–Trinajstić information content (AvgIpc) is 2.35. The molecule has 0 amide bonds. The van der Waals surface area contributed by atoms with Crippen molar-refractivity contribution in [2.45, 2.75) is 31.7 Å². The summed E-state index contributed by atoms with van der Waals surface area (Å²) in [6.07, 6.45) is 2.04. The largest absolute Gasteiger partial charge is 0.380 e. The zero-order valence-electron chi connectivity index (χ0n) is 11.4. The molecule has 20 heavy (non-hydrogen) atoms. The summed E-state index contributed by atoms with van der Waals surface area (Å²) < 4.78 is 13.8. The van der Waals surface area contributed by atoms with E-state index in [1.54, 1.807) is 6.07 Å². The maximum atomic E-state index is 13.8. The summed E-state index contributed by atoms with van der Waals surface area (Å²) in [6, 6.07) is 13.7. The van der Waals surface area contributed by atoms with Crippen molar-refractivity contribution in [2.75, 3.05) is 5.32 Å². The first-order valence-electron chi connectivity index (χ1n) is 6.90. The lowest BCUT2D eigenvalue weighted by Gasteiger charge is -2.37. The number of anilines is 1. The molecule has 1 fully saturated rings. The molecule has 1 aliphatic carbocycles. The normalized spacial score (nSPS) is 21.4. The Morgan fingerprint density at radius 2 is 1.95 bits per heavy atom. The van der Waals surface area contributed by atoms with Crippen LogP contribution in [-0.2, 0) is 0 Å². The van der Waals surface area contributed by atoms with E-state index in [2.05, 4.69) is 11.4 Å². The summed E-state index contributed by atoms with van der Waals surface area (Å²) in [4.78, 5) is 0. The van der Waals surface area contributed by atoms with E-state index in [4.69, 9.17) is 11.6 Å². The van der Waals surface area contributed by atoms with Gasteiger partial charge in [-0.3, -0.25) is 0 Å². The molecule has 0 aromatic heterocycles. The molecule has 3 rings (SSSR count). The van der Waals surface area contributed by atoms with Crippen LogP contribution in [0.4, 0.5) is 10.1 Å². The van der Waals surface area contributed by atoms with Crippen LogP contribution in [0.15, 0.2) is 42.5 Å². The molecule has 3 heteroatoms. The predicted octanol–water partition coefficient (Wildman–Crippen LogP) is 5.15. The van der Waals surface area contributed by atoms with E-state index in [1.807, 2.05) is 37.3 Å². The third-order valence-electron chi connectivity index (χ3n) is 3.94. The molecular formula is C17H17ClFN. The minimum absolute atomic E-state index is 0.170. The fourth-order valence-electron chi connectivity index (χ4n) is 2.73. The number of hydrogen-bond donors (Lipinski definition) is 1. The summed E-state index contributed by atoms with van der Waals surface area (Å²) >= 11 is 6.01. The standard InChI is InChI=1S/C17H17ClFN/c1-11-5-6-17(16(19)7-11)20-15-9-13(10-15)12-3-2-4-14(18)8-12/h2-8,13,15,20H,9-10H2,1H3. The monoisotopic (exact) mass is 289 g/mol. The van der Waals surface area contributed by atoms with Crippen LogP contribution < -0.4 is 5.32 Å². The lowest BCUT2D eigenvalue weighted by Crippen LogP contribution is -2.34. The van der Waals surface area contributed by atoms with Crippen molar-refractivity contribution >= 4 is 17.3 Å². The molecular weight excluding hydrogens is 273 g/mol. The van der Waals surface area contributed by atoms with Crippen LogP contribution in [0.25, 0.3) is 0 Å². The van der Waals surface area contributed by atoms with Crippen molar-refractivity contribution in [3.63, 3.8) is 0 Å². The Labute approximate surface area is 123 Å². The predicted molar refractivity (Wildman–Crippen MR) is 82.0 cm³/mol. The molecule has 0 bridgehead atoms. The lowest BCUT2D eigenvalue weighted by molar-refractivity contribution is 0.373. The van der Waals surface area contributed by atoms with E-state index in [0.29, 0.717) is 17.6 Å². The average molecular weight is 290 g/mol. The second-order valence-corrected chi connectivity index (χ2v) is 5.98. The van der Waals surface area contributed by atoms with Crippen molar-refractivity contribution in [1.82, 2.24) is 0 Å².